The average molecular weight is 422 g/mol. The molecule has 152 valence electrons. The maximum Gasteiger partial charge on any atom is 0.416 e. The van der Waals surface area contributed by atoms with Gasteiger partial charge in [0.05, 0.1) is 24.9 Å². The predicted molar refractivity (Wildman–Crippen MR) is 103 cm³/mol. The fourth-order valence-electron chi connectivity index (χ4n) is 3.82. The maximum atomic E-state index is 13.5. The van der Waals surface area contributed by atoms with Crippen LogP contribution in [0, 0.1) is 0 Å². The number of hydrogen-bond donors (Lipinski definition) is 0. The Morgan fingerprint density at radius 1 is 1.24 bits per heavy atom. The van der Waals surface area contributed by atoms with Gasteiger partial charge in [0.15, 0.2) is 4.87 Å². The average Bonchev–Trinajstić information content (AvgIpc) is 3.24. The Bertz CT molecular complexity index is 982. The van der Waals surface area contributed by atoms with Crippen LogP contribution in [-0.4, -0.2) is 36.6 Å². The van der Waals surface area contributed by atoms with Crippen LogP contribution in [0.5, 0.6) is 5.75 Å². The molecule has 2 heterocycles. The molecule has 5 nitrogen and oxygen atoms in total. The van der Waals surface area contributed by atoms with Crippen molar-refractivity contribution in [3.05, 3.63) is 59.2 Å². The predicted octanol–water partition coefficient (Wildman–Crippen LogP) is 3.62. The second kappa shape index (κ2) is 6.98. The van der Waals surface area contributed by atoms with Gasteiger partial charge in [0.2, 0.25) is 6.41 Å². The van der Waals surface area contributed by atoms with Crippen molar-refractivity contribution in [1.82, 2.24) is 4.90 Å². The van der Waals surface area contributed by atoms with Gasteiger partial charge in [-0.25, -0.2) is 0 Å². The van der Waals surface area contributed by atoms with Gasteiger partial charge >= 0.3 is 6.18 Å². The molecule has 29 heavy (non-hydrogen) atoms. The number of carbonyl (C=O) groups excluding carboxylic acids is 2. The van der Waals surface area contributed by atoms with Crippen molar-refractivity contribution in [2.75, 3.05) is 24.3 Å². The smallest absolute Gasteiger partial charge is 0.416 e. The van der Waals surface area contributed by atoms with E-state index in [1.807, 2.05) is 0 Å². The lowest BCUT2D eigenvalue weighted by Crippen LogP contribution is -2.47. The summed E-state index contributed by atoms with van der Waals surface area (Å²) in [5.74, 6) is 0.779. The molecule has 0 N–H and O–H groups in total. The van der Waals surface area contributed by atoms with Crippen molar-refractivity contribution >= 4 is 29.8 Å². The van der Waals surface area contributed by atoms with E-state index < -0.39 is 16.6 Å². The van der Waals surface area contributed by atoms with Gasteiger partial charge < -0.3 is 14.5 Å². The number of carbonyl (C=O) groups is 2. The van der Waals surface area contributed by atoms with Crippen LogP contribution in [0.15, 0.2) is 42.5 Å². The number of benzene rings is 2. The van der Waals surface area contributed by atoms with Gasteiger partial charge in [-0.3, -0.25) is 9.59 Å². The third kappa shape index (κ3) is 3.04. The number of anilines is 1. The molecule has 1 fully saturated rings. The van der Waals surface area contributed by atoms with Gasteiger partial charge in [0.25, 0.3) is 5.91 Å². The highest BCUT2D eigenvalue weighted by Crippen LogP contribution is 2.54. The first-order chi connectivity index (χ1) is 13.8. The molecule has 1 atom stereocenters. The minimum atomic E-state index is -4.47. The van der Waals surface area contributed by atoms with E-state index >= 15 is 0 Å². The zero-order chi connectivity index (χ0) is 20.8. The Morgan fingerprint density at radius 3 is 2.72 bits per heavy atom. The molecule has 9 heteroatoms. The second-order valence-corrected chi connectivity index (χ2v) is 8.05. The minimum Gasteiger partial charge on any atom is -0.497 e. The summed E-state index contributed by atoms with van der Waals surface area (Å²) in [5.41, 5.74) is 0.765. The van der Waals surface area contributed by atoms with E-state index in [0.29, 0.717) is 41.3 Å². The summed E-state index contributed by atoms with van der Waals surface area (Å²) >= 11 is 1.34. The van der Waals surface area contributed by atoms with Crippen molar-refractivity contribution < 1.29 is 27.5 Å². The second-order valence-electron chi connectivity index (χ2n) is 6.76. The number of fused-ring (bicyclic) bond motifs is 2. The lowest BCUT2D eigenvalue weighted by molar-refractivity contribution is -0.137. The summed E-state index contributed by atoms with van der Waals surface area (Å²) in [5, 5.41) is 0. The number of rotatable bonds is 4. The highest BCUT2D eigenvalue weighted by Gasteiger charge is 2.57. The van der Waals surface area contributed by atoms with Crippen LogP contribution in [-0.2, 0) is 27.2 Å². The highest BCUT2D eigenvalue weighted by molar-refractivity contribution is 8.01. The minimum absolute atomic E-state index is 0.0307. The van der Waals surface area contributed by atoms with E-state index in [4.69, 9.17) is 4.74 Å². The van der Waals surface area contributed by atoms with Crippen LogP contribution >= 0.6 is 11.8 Å². The van der Waals surface area contributed by atoms with Crippen LogP contribution in [0.3, 0.4) is 0 Å². The number of alkyl halides is 3. The molecule has 2 aliphatic heterocycles. The van der Waals surface area contributed by atoms with Crippen molar-refractivity contribution in [3.63, 3.8) is 0 Å². The van der Waals surface area contributed by atoms with Gasteiger partial charge in [-0.15, -0.1) is 11.8 Å². The zero-order valence-electron chi connectivity index (χ0n) is 15.4. The molecule has 0 saturated carbocycles. The van der Waals surface area contributed by atoms with Gasteiger partial charge in [-0.2, -0.15) is 13.2 Å². The molecule has 2 aromatic rings. The van der Waals surface area contributed by atoms with E-state index in [0.717, 1.165) is 12.1 Å². The molecule has 2 amide bonds. The molecule has 2 aliphatic rings. The summed E-state index contributed by atoms with van der Waals surface area (Å²) < 4.78 is 44.5. The first-order valence-corrected chi connectivity index (χ1v) is 9.82. The summed E-state index contributed by atoms with van der Waals surface area (Å²) in [7, 11) is 1.50. The SMILES string of the molecule is COc1ccc2c(c1)C1(SCCN1C=O)C(=O)N2Cc1cccc(C(F)(F)F)c1. The van der Waals surface area contributed by atoms with E-state index in [1.54, 1.807) is 24.3 Å². The van der Waals surface area contributed by atoms with Crippen molar-refractivity contribution in [2.24, 2.45) is 0 Å². The molecule has 4 rings (SSSR count). The summed E-state index contributed by atoms with van der Waals surface area (Å²) in [6.45, 7) is 0.380. The van der Waals surface area contributed by atoms with Gasteiger partial charge in [0.1, 0.15) is 5.75 Å². The largest absolute Gasteiger partial charge is 0.497 e. The molecule has 0 aromatic heterocycles. The number of nitrogens with zero attached hydrogens (tertiary/aromatic N) is 2. The van der Waals surface area contributed by atoms with Gasteiger partial charge in [0, 0.05) is 17.9 Å². The number of amides is 2. The third-order valence-corrected chi connectivity index (χ3v) is 6.60. The molecule has 1 saturated heterocycles. The first-order valence-electron chi connectivity index (χ1n) is 8.84. The summed E-state index contributed by atoms with van der Waals surface area (Å²) in [4.78, 5) is 26.8. The quantitative estimate of drug-likeness (QED) is 0.707. The van der Waals surface area contributed by atoms with Crippen LogP contribution < -0.4 is 9.64 Å². The van der Waals surface area contributed by atoms with Crippen molar-refractivity contribution in [2.45, 2.75) is 17.6 Å². The highest BCUT2D eigenvalue weighted by atomic mass is 32.2. The molecular weight excluding hydrogens is 405 g/mol. The van der Waals surface area contributed by atoms with Gasteiger partial charge in [-0.1, -0.05) is 12.1 Å². The van der Waals surface area contributed by atoms with Crippen LogP contribution in [0.1, 0.15) is 16.7 Å². The molecule has 1 spiro atoms. The van der Waals surface area contributed by atoms with E-state index in [-0.39, 0.29) is 12.5 Å². The Balaban J connectivity index is 1.78. The van der Waals surface area contributed by atoms with Crippen LogP contribution in [0.4, 0.5) is 18.9 Å². The summed E-state index contributed by atoms with van der Waals surface area (Å²) in [6.07, 6.45) is -3.82. The molecule has 0 radical (unpaired) electrons. The number of thioether (sulfide) groups is 1. The van der Waals surface area contributed by atoms with Crippen LogP contribution in [0.25, 0.3) is 0 Å². The van der Waals surface area contributed by atoms with E-state index in [1.165, 1.54) is 34.7 Å². The fourth-order valence-corrected chi connectivity index (χ4v) is 5.25. The Morgan fingerprint density at radius 2 is 2.03 bits per heavy atom. The number of hydrogen-bond acceptors (Lipinski definition) is 4. The number of methoxy groups -OCH3 is 1. The Hall–Kier alpha value is -2.68. The third-order valence-electron chi connectivity index (χ3n) is 5.16. The van der Waals surface area contributed by atoms with E-state index in [2.05, 4.69) is 0 Å². The zero-order valence-corrected chi connectivity index (χ0v) is 16.2. The fraction of sp³-hybridized carbons (Fsp3) is 0.300. The van der Waals surface area contributed by atoms with Crippen molar-refractivity contribution in [3.8, 4) is 5.75 Å². The monoisotopic (exact) mass is 422 g/mol. The molecule has 0 bridgehead atoms. The molecule has 2 aromatic carbocycles. The number of ether oxygens (including phenoxy) is 1. The molecule has 0 aliphatic carbocycles. The molecule has 1 unspecified atom stereocenters. The van der Waals surface area contributed by atoms with Crippen LogP contribution in [0.2, 0.25) is 0 Å². The molecular formula is C20H17F3N2O3S. The Labute approximate surface area is 169 Å². The van der Waals surface area contributed by atoms with E-state index in [9.17, 15) is 22.8 Å². The lowest BCUT2D eigenvalue weighted by atomic mass is 10.1. The number of halogens is 3. The first kappa shape index (κ1) is 19.6. The standard InChI is InChI=1S/C20H17F3N2O3S/c1-28-15-5-6-17-16(10-15)19(24(12-26)7-8-29-19)18(27)25(17)11-13-3-2-4-14(9-13)20(21,22)23/h2-6,9-10,12H,7-8,11H2,1H3. The normalized spacial score (nSPS) is 21.0. The Kier molecular flexibility index (Phi) is 4.72. The lowest BCUT2D eigenvalue weighted by Gasteiger charge is -2.30. The van der Waals surface area contributed by atoms with Crippen molar-refractivity contribution in [1.29, 1.82) is 0 Å². The topological polar surface area (TPSA) is 49.9 Å². The summed E-state index contributed by atoms with van der Waals surface area (Å²) in [6, 6.07) is 10.0. The van der Waals surface area contributed by atoms with Gasteiger partial charge in [-0.05, 0) is 35.9 Å². The maximum absolute atomic E-state index is 13.5.